The topological polar surface area (TPSA) is 105 Å². The van der Waals surface area contributed by atoms with Crippen LogP contribution < -0.4 is 11.1 Å². The van der Waals surface area contributed by atoms with E-state index in [0.717, 1.165) is 0 Å². The molecule has 1 amide bonds. The first-order valence-electron chi connectivity index (χ1n) is 4.47. The fraction of sp³-hybridized carbons (Fsp3) is 0.875. The molecule has 0 aromatic rings. The van der Waals surface area contributed by atoms with E-state index in [1.807, 2.05) is 0 Å². The van der Waals surface area contributed by atoms with Crippen LogP contribution in [0.1, 0.15) is 13.8 Å². The molecule has 14 heavy (non-hydrogen) atoms. The van der Waals surface area contributed by atoms with Crippen molar-refractivity contribution in [1.29, 1.82) is 0 Å². The van der Waals surface area contributed by atoms with Crippen LogP contribution in [0.3, 0.4) is 0 Å². The van der Waals surface area contributed by atoms with Crippen LogP contribution >= 0.6 is 0 Å². The molecular formula is C8H16N2O4. The minimum absolute atomic E-state index is 0.349. The summed E-state index contributed by atoms with van der Waals surface area (Å²) in [5, 5.41) is 21.5. The molecule has 5 atom stereocenters. The van der Waals surface area contributed by atoms with Gasteiger partial charge in [-0.25, -0.2) is 0 Å². The number of nitrogens with one attached hydrogen (secondary N) is 1. The molecule has 0 aliphatic carbocycles. The SMILES string of the molecule is CC(=O)N[C@@H]1[C@@H](O)[C@@H](N)[C@@H](C)O[C@H]1O. The fourth-order valence-corrected chi connectivity index (χ4v) is 1.47. The van der Waals surface area contributed by atoms with Gasteiger partial charge in [0, 0.05) is 6.92 Å². The molecule has 0 radical (unpaired) electrons. The van der Waals surface area contributed by atoms with E-state index in [1.165, 1.54) is 6.92 Å². The predicted octanol–water partition coefficient (Wildman–Crippen LogP) is -2.08. The molecule has 82 valence electrons. The van der Waals surface area contributed by atoms with Gasteiger partial charge in [0.15, 0.2) is 6.29 Å². The van der Waals surface area contributed by atoms with E-state index in [9.17, 15) is 15.0 Å². The first-order valence-corrected chi connectivity index (χ1v) is 4.47. The van der Waals surface area contributed by atoms with Crippen molar-refractivity contribution in [3.63, 3.8) is 0 Å². The van der Waals surface area contributed by atoms with Crippen LogP contribution in [0.25, 0.3) is 0 Å². The summed E-state index contributed by atoms with van der Waals surface area (Å²) in [7, 11) is 0. The molecule has 1 fully saturated rings. The Labute approximate surface area is 82.0 Å². The van der Waals surface area contributed by atoms with E-state index in [4.69, 9.17) is 10.5 Å². The van der Waals surface area contributed by atoms with Crippen LogP contribution in [-0.2, 0) is 9.53 Å². The van der Waals surface area contributed by atoms with Crippen LogP contribution in [0.15, 0.2) is 0 Å². The summed E-state index contributed by atoms with van der Waals surface area (Å²) in [5.41, 5.74) is 5.61. The Morgan fingerprint density at radius 1 is 1.50 bits per heavy atom. The third kappa shape index (κ3) is 2.21. The normalized spacial score (nSPS) is 43.4. The van der Waals surface area contributed by atoms with Crippen molar-refractivity contribution in [2.24, 2.45) is 5.73 Å². The van der Waals surface area contributed by atoms with Gasteiger partial charge in [-0.2, -0.15) is 0 Å². The van der Waals surface area contributed by atoms with Gasteiger partial charge in [0.05, 0.1) is 18.2 Å². The van der Waals surface area contributed by atoms with Gasteiger partial charge in [-0.1, -0.05) is 0 Å². The van der Waals surface area contributed by atoms with E-state index < -0.39 is 30.6 Å². The summed E-state index contributed by atoms with van der Waals surface area (Å²) in [6, 6.07) is -1.48. The number of aliphatic hydroxyl groups excluding tert-OH is 2. The lowest BCUT2D eigenvalue weighted by atomic mass is 9.96. The first kappa shape index (κ1) is 11.4. The van der Waals surface area contributed by atoms with E-state index in [-0.39, 0.29) is 5.91 Å². The molecule has 6 heteroatoms. The molecule has 0 aromatic heterocycles. The molecule has 1 aliphatic heterocycles. The van der Waals surface area contributed by atoms with E-state index >= 15 is 0 Å². The molecule has 1 heterocycles. The molecule has 1 aliphatic rings. The maximum atomic E-state index is 10.8. The molecule has 0 aromatic carbocycles. The minimum Gasteiger partial charge on any atom is -0.389 e. The van der Waals surface area contributed by atoms with Gasteiger partial charge in [-0.15, -0.1) is 0 Å². The zero-order chi connectivity index (χ0) is 10.9. The Kier molecular flexibility index (Phi) is 3.43. The standard InChI is InChI=1S/C8H16N2O4/c1-3-5(9)7(12)6(8(13)14-3)10-4(2)11/h3,5-8,12-13H,9H2,1-2H3,(H,10,11)/t3-,5+,6-,7+,8-/m1/s1. The maximum Gasteiger partial charge on any atom is 0.217 e. The van der Waals surface area contributed by atoms with Gasteiger partial charge in [0.2, 0.25) is 5.91 Å². The summed E-state index contributed by atoms with van der Waals surface area (Å²) in [5.74, 6) is -0.349. The second-order valence-electron chi connectivity index (χ2n) is 3.53. The van der Waals surface area contributed by atoms with Crippen LogP contribution in [0, 0.1) is 0 Å². The largest absolute Gasteiger partial charge is 0.389 e. The molecular weight excluding hydrogens is 188 g/mol. The lowest BCUT2D eigenvalue weighted by Gasteiger charge is -2.40. The minimum atomic E-state index is -1.22. The van der Waals surface area contributed by atoms with Crippen molar-refractivity contribution in [2.75, 3.05) is 0 Å². The number of hydrogen-bond acceptors (Lipinski definition) is 5. The monoisotopic (exact) mass is 204 g/mol. The highest BCUT2D eigenvalue weighted by Crippen LogP contribution is 2.17. The van der Waals surface area contributed by atoms with Crippen molar-refractivity contribution in [3.05, 3.63) is 0 Å². The smallest absolute Gasteiger partial charge is 0.217 e. The number of hydrogen-bond donors (Lipinski definition) is 4. The van der Waals surface area contributed by atoms with Crippen LogP contribution in [0.4, 0.5) is 0 Å². The third-order valence-corrected chi connectivity index (χ3v) is 2.34. The number of rotatable bonds is 1. The lowest BCUT2D eigenvalue weighted by molar-refractivity contribution is -0.210. The number of nitrogens with two attached hydrogens (primary N) is 1. The zero-order valence-electron chi connectivity index (χ0n) is 8.18. The number of amides is 1. The molecule has 0 spiro atoms. The third-order valence-electron chi connectivity index (χ3n) is 2.34. The van der Waals surface area contributed by atoms with Crippen LogP contribution in [0.5, 0.6) is 0 Å². The number of carbonyl (C=O) groups excluding carboxylic acids is 1. The summed E-state index contributed by atoms with van der Waals surface area (Å²) in [6.07, 6.45) is -2.66. The van der Waals surface area contributed by atoms with Crippen molar-refractivity contribution >= 4 is 5.91 Å². The molecule has 0 bridgehead atoms. The summed E-state index contributed by atoms with van der Waals surface area (Å²) in [6.45, 7) is 2.95. The Bertz CT molecular complexity index is 223. The quantitative estimate of drug-likeness (QED) is 0.392. The van der Waals surface area contributed by atoms with E-state index in [1.54, 1.807) is 6.92 Å². The highest BCUT2D eigenvalue weighted by atomic mass is 16.6. The second-order valence-corrected chi connectivity index (χ2v) is 3.53. The molecule has 0 saturated carbocycles. The predicted molar refractivity (Wildman–Crippen MR) is 48.1 cm³/mol. The number of ether oxygens (including phenoxy) is 1. The molecule has 0 unspecified atom stereocenters. The molecule has 1 rings (SSSR count). The van der Waals surface area contributed by atoms with Crippen LogP contribution in [0.2, 0.25) is 0 Å². The molecule has 5 N–H and O–H groups in total. The fourth-order valence-electron chi connectivity index (χ4n) is 1.47. The Morgan fingerprint density at radius 2 is 2.07 bits per heavy atom. The van der Waals surface area contributed by atoms with Crippen molar-refractivity contribution < 1.29 is 19.7 Å². The Hall–Kier alpha value is -0.690. The average molecular weight is 204 g/mol. The van der Waals surface area contributed by atoms with Gasteiger partial charge in [0.25, 0.3) is 0 Å². The van der Waals surface area contributed by atoms with Crippen LogP contribution in [-0.4, -0.2) is 46.7 Å². The second kappa shape index (κ2) is 4.22. The highest BCUT2D eigenvalue weighted by Gasteiger charge is 2.41. The van der Waals surface area contributed by atoms with Crippen molar-refractivity contribution in [2.45, 2.75) is 44.4 Å². The average Bonchev–Trinajstić information content (AvgIpc) is 2.09. The van der Waals surface area contributed by atoms with Crippen molar-refractivity contribution in [1.82, 2.24) is 5.32 Å². The van der Waals surface area contributed by atoms with Gasteiger partial charge in [-0.05, 0) is 6.92 Å². The Morgan fingerprint density at radius 3 is 2.57 bits per heavy atom. The maximum absolute atomic E-state index is 10.8. The van der Waals surface area contributed by atoms with Gasteiger partial charge < -0.3 is 26.0 Å². The lowest BCUT2D eigenvalue weighted by Crippen LogP contribution is -2.65. The number of aliphatic hydroxyl groups is 2. The summed E-state index contributed by atoms with van der Waals surface area (Å²) < 4.78 is 5.04. The summed E-state index contributed by atoms with van der Waals surface area (Å²) in [4.78, 5) is 10.8. The van der Waals surface area contributed by atoms with Crippen molar-refractivity contribution in [3.8, 4) is 0 Å². The molecule has 6 nitrogen and oxygen atoms in total. The summed E-state index contributed by atoms with van der Waals surface area (Å²) >= 11 is 0. The van der Waals surface area contributed by atoms with E-state index in [2.05, 4.69) is 5.32 Å². The molecule has 1 saturated heterocycles. The number of carbonyl (C=O) groups is 1. The highest BCUT2D eigenvalue weighted by molar-refractivity contribution is 5.73. The van der Waals surface area contributed by atoms with Gasteiger partial charge >= 0.3 is 0 Å². The van der Waals surface area contributed by atoms with E-state index in [0.29, 0.717) is 0 Å². The van der Waals surface area contributed by atoms with Gasteiger partial charge in [0.1, 0.15) is 6.04 Å². The van der Waals surface area contributed by atoms with Gasteiger partial charge in [-0.3, -0.25) is 4.79 Å². The first-order chi connectivity index (χ1) is 6.43. The Balaban J connectivity index is 2.68. The zero-order valence-corrected chi connectivity index (χ0v) is 8.18.